The third-order valence-corrected chi connectivity index (χ3v) is 5.45. The molecule has 1 amide bonds. The number of fused-ring (bicyclic) bond motifs is 1. The minimum Gasteiger partial charge on any atom is -0.493 e. The molecule has 3 aromatic rings. The summed E-state index contributed by atoms with van der Waals surface area (Å²) in [6.45, 7) is 1.17. The molecule has 0 saturated carbocycles. The van der Waals surface area contributed by atoms with E-state index in [1.54, 1.807) is 56.7 Å². The van der Waals surface area contributed by atoms with Crippen LogP contribution >= 0.6 is 0 Å². The lowest BCUT2D eigenvalue weighted by Crippen LogP contribution is -2.29. The monoisotopic (exact) mass is 434 g/mol. The van der Waals surface area contributed by atoms with Gasteiger partial charge in [0.1, 0.15) is 17.4 Å². The Kier molecular flexibility index (Phi) is 6.44. The molecule has 1 fully saturated rings. The number of benzene rings is 2. The summed E-state index contributed by atoms with van der Waals surface area (Å²) in [5.41, 5.74) is 1.61. The van der Waals surface area contributed by atoms with Gasteiger partial charge < -0.3 is 23.8 Å². The smallest absolute Gasteiger partial charge is 0.246 e. The molecule has 2 aromatic carbocycles. The molecule has 1 unspecified atom stereocenters. The molecule has 1 aromatic heterocycles. The van der Waals surface area contributed by atoms with Crippen LogP contribution in [-0.4, -0.2) is 56.3 Å². The first-order valence-corrected chi connectivity index (χ1v) is 10.4. The first kappa shape index (κ1) is 21.5. The van der Waals surface area contributed by atoms with Crippen LogP contribution in [0.4, 0.5) is 0 Å². The topological polar surface area (TPSA) is 70.1 Å². The summed E-state index contributed by atoms with van der Waals surface area (Å²) < 4.78 is 22.3. The van der Waals surface area contributed by atoms with E-state index >= 15 is 0 Å². The fourth-order valence-electron chi connectivity index (χ4n) is 3.85. The van der Waals surface area contributed by atoms with Gasteiger partial charge in [-0.2, -0.15) is 0 Å². The Hall–Kier alpha value is -3.74. The molecule has 0 spiro atoms. The summed E-state index contributed by atoms with van der Waals surface area (Å²) in [7, 11) is 4.68. The maximum absolute atomic E-state index is 12.7. The van der Waals surface area contributed by atoms with E-state index in [4.69, 9.17) is 18.9 Å². The van der Waals surface area contributed by atoms with Gasteiger partial charge in [0, 0.05) is 30.6 Å². The number of ether oxygens (including phenoxy) is 4. The van der Waals surface area contributed by atoms with E-state index in [1.165, 1.54) is 0 Å². The second-order valence-electron chi connectivity index (χ2n) is 7.44. The summed E-state index contributed by atoms with van der Waals surface area (Å²) >= 11 is 0. The van der Waals surface area contributed by atoms with Crippen molar-refractivity contribution in [2.24, 2.45) is 0 Å². The summed E-state index contributed by atoms with van der Waals surface area (Å²) in [5.74, 6) is 2.27. The highest BCUT2D eigenvalue weighted by molar-refractivity contribution is 5.92. The van der Waals surface area contributed by atoms with Gasteiger partial charge >= 0.3 is 0 Å². The van der Waals surface area contributed by atoms with Gasteiger partial charge in [-0.1, -0.05) is 18.2 Å². The number of likely N-dealkylation sites (tertiary alicyclic amines) is 1. The SMILES string of the molecule is COc1cc(/C=C/C(=O)N2CCC(Oc3cccc4cccnc34)C2)cc(OC)c1OC. The lowest BCUT2D eigenvalue weighted by atomic mass is 10.1. The molecule has 0 bridgehead atoms. The number of nitrogens with zero attached hydrogens (tertiary/aromatic N) is 2. The van der Waals surface area contributed by atoms with Crippen LogP contribution in [0.5, 0.6) is 23.0 Å². The standard InChI is InChI=1S/C25H26N2O5/c1-29-21-14-17(15-22(30-2)25(21)31-3)9-10-23(28)27-13-11-19(16-27)32-20-8-4-6-18-7-5-12-26-24(18)20/h4-10,12,14-15,19H,11,13,16H2,1-3H3/b10-9+. The van der Waals surface area contributed by atoms with Gasteiger partial charge in [0.05, 0.1) is 27.9 Å². The van der Waals surface area contributed by atoms with E-state index in [0.29, 0.717) is 30.3 Å². The third-order valence-electron chi connectivity index (χ3n) is 5.45. The summed E-state index contributed by atoms with van der Waals surface area (Å²) in [5, 5.41) is 1.03. The van der Waals surface area contributed by atoms with Crippen LogP contribution in [0, 0.1) is 0 Å². The van der Waals surface area contributed by atoms with Crippen LogP contribution in [0.2, 0.25) is 0 Å². The Balaban J connectivity index is 1.42. The van der Waals surface area contributed by atoms with Crippen LogP contribution < -0.4 is 18.9 Å². The van der Waals surface area contributed by atoms with Gasteiger partial charge in [0.2, 0.25) is 11.7 Å². The van der Waals surface area contributed by atoms with E-state index in [-0.39, 0.29) is 12.0 Å². The van der Waals surface area contributed by atoms with Crippen LogP contribution in [0.1, 0.15) is 12.0 Å². The number of rotatable bonds is 7. The molecule has 1 aliphatic heterocycles. The van der Waals surface area contributed by atoms with Gasteiger partial charge in [0.25, 0.3) is 0 Å². The minimum atomic E-state index is -0.0686. The van der Waals surface area contributed by atoms with Gasteiger partial charge in [0.15, 0.2) is 11.5 Å². The van der Waals surface area contributed by atoms with E-state index in [0.717, 1.165) is 28.6 Å². The number of carbonyl (C=O) groups excluding carboxylic acids is 1. The van der Waals surface area contributed by atoms with Crippen LogP contribution in [0.25, 0.3) is 17.0 Å². The first-order valence-electron chi connectivity index (χ1n) is 10.4. The number of amides is 1. The van der Waals surface area contributed by atoms with Gasteiger partial charge in [-0.25, -0.2) is 0 Å². The first-order chi connectivity index (χ1) is 15.6. The number of hydrogen-bond acceptors (Lipinski definition) is 6. The Morgan fingerprint density at radius 1 is 1.03 bits per heavy atom. The Morgan fingerprint density at radius 3 is 2.50 bits per heavy atom. The van der Waals surface area contributed by atoms with Crippen molar-refractivity contribution < 1.29 is 23.7 Å². The highest BCUT2D eigenvalue weighted by Gasteiger charge is 2.27. The molecule has 7 nitrogen and oxygen atoms in total. The average molecular weight is 434 g/mol. The fourth-order valence-corrected chi connectivity index (χ4v) is 3.85. The van der Waals surface area contributed by atoms with Gasteiger partial charge in [-0.05, 0) is 35.9 Å². The highest BCUT2D eigenvalue weighted by Crippen LogP contribution is 2.38. The molecule has 1 aliphatic rings. The molecular weight excluding hydrogens is 408 g/mol. The molecule has 2 heterocycles. The van der Waals surface area contributed by atoms with E-state index in [2.05, 4.69) is 4.98 Å². The summed E-state index contributed by atoms with van der Waals surface area (Å²) in [6, 6.07) is 13.4. The van der Waals surface area contributed by atoms with Crippen molar-refractivity contribution in [3.63, 3.8) is 0 Å². The lowest BCUT2D eigenvalue weighted by molar-refractivity contribution is -0.125. The van der Waals surface area contributed by atoms with Crippen LogP contribution in [-0.2, 0) is 4.79 Å². The second-order valence-corrected chi connectivity index (χ2v) is 7.44. The van der Waals surface area contributed by atoms with Crippen molar-refractivity contribution in [3.05, 3.63) is 60.3 Å². The van der Waals surface area contributed by atoms with E-state index < -0.39 is 0 Å². The van der Waals surface area contributed by atoms with Gasteiger partial charge in [-0.3, -0.25) is 9.78 Å². The van der Waals surface area contributed by atoms with Crippen LogP contribution in [0.3, 0.4) is 0 Å². The maximum atomic E-state index is 12.7. The Labute approximate surface area is 187 Å². The quantitative estimate of drug-likeness (QED) is 0.525. The number of methoxy groups -OCH3 is 3. The molecule has 4 rings (SSSR count). The van der Waals surface area contributed by atoms with Crippen molar-refractivity contribution in [1.29, 1.82) is 0 Å². The molecule has 0 aliphatic carbocycles. The van der Waals surface area contributed by atoms with Crippen molar-refractivity contribution in [2.75, 3.05) is 34.4 Å². The van der Waals surface area contributed by atoms with Gasteiger partial charge in [-0.15, -0.1) is 0 Å². The number of para-hydroxylation sites is 1. The predicted octanol–water partition coefficient (Wildman–Crippen LogP) is 3.95. The molecular formula is C25H26N2O5. The third kappa shape index (κ3) is 4.46. The van der Waals surface area contributed by atoms with Crippen molar-refractivity contribution in [2.45, 2.75) is 12.5 Å². The number of hydrogen-bond donors (Lipinski definition) is 0. The highest BCUT2D eigenvalue weighted by atomic mass is 16.5. The number of carbonyl (C=O) groups is 1. The van der Waals surface area contributed by atoms with Crippen molar-refractivity contribution in [1.82, 2.24) is 9.88 Å². The zero-order chi connectivity index (χ0) is 22.5. The predicted molar refractivity (Wildman–Crippen MR) is 122 cm³/mol. The largest absolute Gasteiger partial charge is 0.493 e. The Bertz CT molecular complexity index is 1110. The molecule has 0 radical (unpaired) electrons. The number of aromatic nitrogens is 1. The fraction of sp³-hybridized carbons (Fsp3) is 0.280. The zero-order valence-electron chi connectivity index (χ0n) is 18.4. The molecule has 0 N–H and O–H groups in total. The lowest BCUT2D eigenvalue weighted by Gasteiger charge is -2.16. The Morgan fingerprint density at radius 2 is 1.78 bits per heavy atom. The summed E-state index contributed by atoms with van der Waals surface area (Å²) in [4.78, 5) is 19.0. The maximum Gasteiger partial charge on any atom is 0.246 e. The molecule has 1 saturated heterocycles. The van der Waals surface area contributed by atoms with Crippen LogP contribution in [0.15, 0.2) is 54.7 Å². The van der Waals surface area contributed by atoms with E-state index in [1.807, 2.05) is 30.3 Å². The average Bonchev–Trinajstić information content (AvgIpc) is 3.30. The normalized spacial score (nSPS) is 15.8. The van der Waals surface area contributed by atoms with E-state index in [9.17, 15) is 4.79 Å². The second kappa shape index (κ2) is 9.60. The summed E-state index contributed by atoms with van der Waals surface area (Å²) in [6.07, 6.45) is 5.76. The molecule has 166 valence electrons. The molecule has 7 heteroatoms. The minimum absolute atomic E-state index is 0.0684. The number of pyridine rings is 1. The molecule has 1 atom stereocenters. The molecule has 32 heavy (non-hydrogen) atoms. The van der Waals surface area contributed by atoms with Crippen molar-refractivity contribution in [3.8, 4) is 23.0 Å². The van der Waals surface area contributed by atoms with Crippen molar-refractivity contribution >= 4 is 22.9 Å². The zero-order valence-corrected chi connectivity index (χ0v) is 18.4.